The molecule has 0 radical (unpaired) electrons. The lowest BCUT2D eigenvalue weighted by Gasteiger charge is -2.11. The molecule has 0 saturated heterocycles. The average Bonchev–Trinajstić information content (AvgIpc) is 3.00. The van der Waals surface area contributed by atoms with Crippen LogP contribution in [0.4, 0.5) is 5.69 Å². The second-order valence-corrected chi connectivity index (χ2v) is 5.00. The molecule has 4 heteroatoms. The van der Waals surface area contributed by atoms with E-state index in [1.807, 2.05) is 30.3 Å². The normalized spacial score (nSPS) is 12.5. The SMILES string of the molecule is COc1cc(CNc2ccc3c(c2)CCO3)cc(OC)c1. The predicted molar refractivity (Wildman–Crippen MR) is 82.5 cm³/mol. The maximum atomic E-state index is 5.52. The lowest BCUT2D eigenvalue weighted by Crippen LogP contribution is -2.00. The summed E-state index contributed by atoms with van der Waals surface area (Å²) in [6.07, 6.45) is 0.984. The van der Waals surface area contributed by atoms with E-state index >= 15 is 0 Å². The highest BCUT2D eigenvalue weighted by molar-refractivity contribution is 5.53. The number of methoxy groups -OCH3 is 2. The van der Waals surface area contributed by atoms with Crippen LogP contribution in [0.5, 0.6) is 17.2 Å². The Morgan fingerprint density at radius 1 is 1.05 bits per heavy atom. The van der Waals surface area contributed by atoms with Crippen LogP contribution in [0.25, 0.3) is 0 Å². The first-order chi connectivity index (χ1) is 10.3. The van der Waals surface area contributed by atoms with E-state index in [-0.39, 0.29) is 0 Å². The van der Waals surface area contributed by atoms with Crippen LogP contribution in [0.1, 0.15) is 11.1 Å². The van der Waals surface area contributed by atoms with Crippen LogP contribution in [-0.2, 0) is 13.0 Å². The number of benzene rings is 2. The minimum absolute atomic E-state index is 0.715. The summed E-state index contributed by atoms with van der Waals surface area (Å²) in [4.78, 5) is 0. The molecule has 1 aliphatic heterocycles. The fraction of sp³-hybridized carbons (Fsp3) is 0.294. The third-order valence-corrected chi connectivity index (χ3v) is 3.60. The number of nitrogens with one attached hydrogen (secondary N) is 1. The Balaban J connectivity index is 1.72. The molecule has 0 unspecified atom stereocenters. The number of ether oxygens (including phenoxy) is 3. The van der Waals surface area contributed by atoms with Gasteiger partial charge in [0.1, 0.15) is 17.2 Å². The van der Waals surface area contributed by atoms with E-state index in [9.17, 15) is 0 Å². The minimum Gasteiger partial charge on any atom is -0.497 e. The van der Waals surface area contributed by atoms with Gasteiger partial charge in [-0.05, 0) is 41.5 Å². The van der Waals surface area contributed by atoms with Crippen molar-refractivity contribution in [3.05, 3.63) is 47.5 Å². The van der Waals surface area contributed by atoms with E-state index < -0.39 is 0 Å². The van der Waals surface area contributed by atoms with Gasteiger partial charge < -0.3 is 19.5 Å². The summed E-state index contributed by atoms with van der Waals surface area (Å²) < 4.78 is 16.1. The van der Waals surface area contributed by atoms with E-state index in [1.54, 1.807) is 14.2 Å². The zero-order chi connectivity index (χ0) is 14.7. The van der Waals surface area contributed by atoms with Gasteiger partial charge >= 0.3 is 0 Å². The highest BCUT2D eigenvalue weighted by Crippen LogP contribution is 2.28. The number of rotatable bonds is 5. The Kier molecular flexibility index (Phi) is 3.86. The molecule has 4 nitrogen and oxygen atoms in total. The molecule has 0 saturated carbocycles. The number of fused-ring (bicyclic) bond motifs is 1. The van der Waals surface area contributed by atoms with Gasteiger partial charge in [0.2, 0.25) is 0 Å². The predicted octanol–water partition coefficient (Wildman–Crippen LogP) is 3.25. The first-order valence-corrected chi connectivity index (χ1v) is 7.00. The van der Waals surface area contributed by atoms with Crippen molar-refractivity contribution >= 4 is 5.69 Å². The largest absolute Gasteiger partial charge is 0.497 e. The first-order valence-electron chi connectivity index (χ1n) is 7.00. The van der Waals surface area contributed by atoms with Crippen LogP contribution in [-0.4, -0.2) is 20.8 Å². The molecule has 0 spiro atoms. The zero-order valence-corrected chi connectivity index (χ0v) is 12.3. The highest BCUT2D eigenvalue weighted by Gasteiger charge is 2.11. The van der Waals surface area contributed by atoms with Crippen LogP contribution < -0.4 is 19.5 Å². The van der Waals surface area contributed by atoms with Crippen LogP contribution in [0, 0.1) is 0 Å². The van der Waals surface area contributed by atoms with Crippen molar-refractivity contribution in [2.75, 3.05) is 26.1 Å². The summed E-state index contributed by atoms with van der Waals surface area (Å²) in [5.74, 6) is 2.60. The van der Waals surface area contributed by atoms with E-state index in [0.717, 1.165) is 41.5 Å². The van der Waals surface area contributed by atoms with Gasteiger partial charge in [0, 0.05) is 24.7 Å². The Bertz CT molecular complexity index is 618. The van der Waals surface area contributed by atoms with E-state index in [2.05, 4.69) is 11.4 Å². The Labute approximate surface area is 124 Å². The van der Waals surface area contributed by atoms with Crippen molar-refractivity contribution in [1.82, 2.24) is 0 Å². The van der Waals surface area contributed by atoms with Gasteiger partial charge in [0.15, 0.2) is 0 Å². The molecule has 0 bridgehead atoms. The maximum Gasteiger partial charge on any atom is 0.122 e. The van der Waals surface area contributed by atoms with Gasteiger partial charge in [-0.25, -0.2) is 0 Å². The van der Waals surface area contributed by atoms with Crippen molar-refractivity contribution in [3.8, 4) is 17.2 Å². The molecule has 0 aliphatic carbocycles. The molecule has 21 heavy (non-hydrogen) atoms. The van der Waals surface area contributed by atoms with Crippen LogP contribution in [0.15, 0.2) is 36.4 Å². The summed E-state index contributed by atoms with van der Waals surface area (Å²) in [6.45, 7) is 1.50. The van der Waals surface area contributed by atoms with Crippen molar-refractivity contribution in [1.29, 1.82) is 0 Å². The third-order valence-electron chi connectivity index (χ3n) is 3.60. The number of anilines is 1. The van der Waals surface area contributed by atoms with E-state index in [4.69, 9.17) is 14.2 Å². The summed E-state index contributed by atoms with van der Waals surface area (Å²) >= 11 is 0. The molecule has 1 N–H and O–H groups in total. The summed E-state index contributed by atoms with van der Waals surface area (Å²) in [7, 11) is 3.32. The van der Waals surface area contributed by atoms with Crippen molar-refractivity contribution in [3.63, 3.8) is 0 Å². The third kappa shape index (κ3) is 3.05. The lowest BCUT2D eigenvalue weighted by molar-refractivity contribution is 0.357. The van der Waals surface area contributed by atoms with Gasteiger partial charge in [-0.15, -0.1) is 0 Å². The molecule has 1 aliphatic rings. The molecule has 0 amide bonds. The number of hydrogen-bond donors (Lipinski definition) is 1. The summed E-state index contributed by atoms with van der Waals surface area (Å²) in [5, 5.41) is 3.43. The molecule has 1 heterocycles. The van der Waals surface area contributed by atoms with Crippen LogP contribution in [0.3, 0.4) is 0 Å². The smallest absolute Gasteiger partial charge is 0.122 e. The standard InChI is InChI=1S/C17H19NO3/c1-19-15-7-12(8-16(10-15)20-2)11-18-14-3-4-17-13(9-14)5-6-21-17/h3-4,7-10,18H,5-6,11H2,1-2H3. The van der Waals surface area contributed by atoms with Gasteiger partial charge in [0.05, 0.1) is 20.8 Å². The number of hydrogen-bond acceptors (Lipinski definition) is 4. The fourth-order valence-electron chi connectivity index (χ4n) is 2.47. The molecular weight excluding hydrogens is 266 g/mol. The molecule has 2 aromatic carbocycles. The van der Waals surface area contributed by atoms with E-state index in [0.29, 0.717) is 6.54 Å². The fourth-order valence-corrected chi connectivity index (χ4v) is 2.47. The quantitative estimate of drug-likeness (QED) is 0.915. The van der Waals surface area contributed by atoms with Gasteiger partial charge in [-0.1, -0.05) is 0 Å². The molecule has 3 rings (SSSR count). The monoisotopic (exact) mass is 285 g/mol. The maximum absolute atomic E-state index is 5.52. The summed E-state index contributed by atoms with van der Waals surface area (Å²) in [6, 6.07) is 12.1. The van der Waals surface area contributed by atoms with Crippen molar-refractivity contribution < 1.29 is 14.2 Å². The molecule has 0 atom stereocenters. The van der Waals surface area contributed by atoms with Gasteiger partial charge in [0.25, 0.3) is 0 Å². The highest BCUT2D eigenvalue weighted by atomic mass is 16.5. The Hall–Kier alpha value is -2.36. The summed E-state index contributed by atoms with van der Waals surface area (Å²) in [5.41, 5.74) is 3.48. The molecule has 0 fully saturated rings. The molecular formula is C17H19NO3. The van der Waals surface area contributed by atoms with Gasteiger partial charge in [-0.2, -0.15) is 0 Å². The van der Waals surface area contributed by atoms with Crippen molar-refractivity contribution in [2.45, 2.75) is 13.0 Å². The second kappa shape index (κ2) is 5.95. The minimum atomic E-state index is 0.715. The topological polar surface area (TPSA) is 39.7 Å². The molecule has 2 aromatic rings. The van der Waals surface area contributed by atoms with E-state index in [1.165, 1.54) is 5.56 Å². The lowest BCUT2D eigenvalue weighted by atomic mass is 10.1. The Morgan fingerprint density at radius 3 is 2.52 bits per heavy atom. The second-order valence-electron chi connectivity index (χ2n) is 5.00. The molecule has 0 aromatic heterocycles. The van der Waals surface area contributed by atoms with Crippen LogP contribution >= 0.6 is 0 Å². The molecule has 110 valence electrons. The first kappa shape index (κ1) is 13.6. The zero-order valence-electron chi connectivity index (χ0n) is 12.3. The van der Waals surface area contributed by atoms with Crippen molar-refractivity contribution in [2.24, 2.45) is 0 Å². The average molecular weight is 285 g/mol. The Morgan fingerprint density at radius 2 is 1.81 bits per heavy atom. The van der Waals surface area contributed by atoms with Crippen LogP contribution in [0.2, 0.25) is 0 Å². The van der Waals surface area contributed by atoms with Gasteiger partial charge in [-0.3, -0.25) is 0 Å².